The van der Waals surface area contributed by atoms with Crippen molar-refractivity contribution in [3.8, 4) is 0 Å². The Balaban J connectivity index is 1.73. The van der Waals surface area contributed by atoms with E-state index in [1.54, 1.807) is 27.6 Å². The molecule has 0 N–H and O–H groups in total. The van der Waals surface area contributed by atoms with Gasteiger partial charge in [-0.2, -0.15) is 5.10 Å². The van der Waals surface area contributed by atoms with Crippen LogP contribution in [0.15, 0.2) is 64.7 Å². The molecule has 0 radical (unpaired) electrons. The summed E-state index contributed by atoms with van der Waals surface area (Å²) in [6, 6.07) is 14.5. The molecule has 5 nitrogen and oxygen atoms in total. The minimum absolute atomic E-state index is 0.149. The monoisotopic (exact) mass is 408 g/mol. The Morgan fingerprint density at radius 2 is 1.72 bits per heavy atom. The predicted molar refractivity (Wildman–Crippen MR) is 114 cm³/mol. The number of nitrogens with zero attached hydrogens (tertiary/aromatic N) is 4. The standard InChI is InChI=1S/C22H21FN4OS/c1-3-26-13-19-20(25-26)21(28)27(12-16-6-4-15(2)5-7-16)22(24-19)29-14-17-8-10-18(23)11-9-17/h4-11,13H,3,12,14H2,1-2H3. The van der Waals surface area contributed by atoms with Crippen LogP contribution in [0, 0.1) is 12.7 Å². The third kappa shape index (κ3) is 4.24. The summed E-state index contributed by atoms with van der Waals surface area (Å²) >= 11 is 1.47. The van der Waals surface area contributed by atoms with E-state index in [1.165, 1.54) is 29.5 Å². The van der Waals surface area contributed by atoms with E-state index in [9.17, 15) is 9.18 Å². The van der Waals surface area contributed by atoms with Crippen molar-refractivity contribution in [2.24, 2.45) is 0 Å². The first-order chi connectivity index (χ1) is 14.0. The Labute approximate surface area is 172 Å². The summed E-state index contributed by atoms with van der Waals surface area (Å²) in [5.41, 5.74) is 3.99. The number of halogens is 1. The lowest BCUT2D eigenvalue weighted by molar-refractivity contribution is 0.627. The van der Waals surface area contributed by atoms with Gasteiger partial charge in [0.25, 0.3) is 5.56 Å². The van der Waals surface area contributed by atoms with Crippen molar-refractivity contribution in [3.63, 3.8) is 0 Å². The van der Waals surface area contributed by atoms with Gasteiger partial charge in [0.2, 0.25) is 0 Å². The second kappa shape index (κ2) is 8.21. The molecular formula is C22H21FN4OS. The Morgan fingerprint density at radius 3 is 2.41 bits per heavy atom. The Hall–Kier alpha value is -2.93. The number of thioether (sulfide) groups is 1. The molecule has 0 unspecified atom stereocenters. The van der Waals surface area contributed by atoms with Crippen molar-refractivity contribution >= 4 is 22.8 Å². The molecule has 4 rings (SSSR count). The Morgan fingerprint density at radius 1 is 1.03 bits per heavy atom. The van der Waals surface area contributed by atoms with Crippen LogP contribution in [0.3, 0.4) is 0 Å². The highest BCUT2D eigenvalue weighted by Gasteiger charge is 2.15. The van der Waals surface area contributed by atoms with E-state index >= 15 is 0 Å². The molecule has 0 bridgehead atoms. The van der Waals surface area contributed by atoms with E-state index in [4.69, 9.17) is 4.98 Å². The number of hydrogen-bond acceptors (Lipinski definition) is 4. The third-order valence-corrected chi connectivity index (χ3v) is 5.75. The van der Waals surface area contributed by atoms with Crippen LogP contribution in [-0.2, 0) is 18.8 Å². The van der Waals surface area contributed by atoms with Crippen LogP contribution in [0.1, 0.15) is 23.6 Å². The Bertz CT molecular complexity index is 1200. The van der Waals surface area contributed by atoms with Gasteiger partial charge in [-0.05, 0) is 37.1 Å². The van der Waals surface area contributed by atoms with Crippen molar-refractivity contribution < 1.29 is 4.39 Å². The van der Waals surface area contributed by atoms with E-state index < -0.39 is 0 Å². The highest BCUT2D eigenvalue weighted by atomic mass is 32.2. The molecule has 0 fully saturated rings. The second-order valence-electron chi connectivity index (χ2n) is 6.91. The predicted octanol–water partition coefficient (Wildman–Crippen LogP) is 4.40. The van der Waals surface area contributed by atoms with Gasteiger partial charge in [0.15, 0.2) is 10.7 Å². The van der Waals surface area contributed by atoms with Crippen LogP contribution in [0.2, 0.25) is 0 Å². The average molecular weight is 409 g/mol. The zero-order valence-electron chi connectivity index (χ0n) is 16.3. The van der Waals surface area contributed by atoms with Crippen LogP contribution in [0.5, 0.6) is 0 Å². The maximum Gasteiger partial charge on any atom is 0.282 e. The van der Waals surface area contributed by atoms with Crippen LogP contribution in [-0.4, -0.2) is 19.3 Å². The van der Waals surface area contributed by atoms with Crippen molar-refractivity contribution in [1.82, 2.24) is 19.3 Å². The molecular weight excluding hydrogens is 387 g/mol. The molecule has 0 atom stereocenters. The second-order valence-corrected chi connectivity index (χ2v) is 7.85. The van der Waals surface area contributed by atoms with Gasteiger partial charge in [-0.25, -0.2) is 9.37 Å². The molecule has 2 aromatic carbocycles. The lowest BCUT2D eigenvalue weighted by Gasteiger charge is -2.12. The molecule has 4 aromatic rings. The van der Waals surface area contributed by atoms with Gasteiger partial charge in [0.05, 0.1) is 12.7 Å². The minimum Gasteiger partial charge on any atom is -0.281 e. The van der Waals surface area contributed by atoms with Gasteiger partial charge in [0.1, 0.15) is 11.3 Å². The molecule has 0 amide bonds. The zero-order valence-corrected chi connectivity index (χ0v) is 17.1. The molecule has 2 aromatic heterocycles. The summed E-state index contributed by atoms with van der Waals surface area (Å²) in [6.45, 7) is 5.10. The summed E-state index contributed by atoms with van der Waals surface area (Å²) in [7, 11) is 0. The zero-order chi connectivity index (χ0) is 20.4. The topological polar surface area (TPSA) is 52.7 Å². The number of aryl methyl sites for hydroxylation is 2. The summed E-state index contributed by atoms with van der Waals surface area (Å²) < 4.78 is 16.6. The maximum atomic E-state index is 13.2. The van der Waals surface area contributed by atoms with E-state index in [2.05, 4.69) is 5.10 Å². The molecule has 0 saturated heterocycles. The minimum atomic E-state index is -0.262. The van der Waals surface area contributed by atoms with Crippen molar-refractivity contribution in [2.45, 2.75) is 37.8 Å². The van der Waals surface area contributed by atoms with Gasteiger partial charge >= 0.3 is 0 Å². The third-order valence-electron chi connectivity index (χ3n) is 4.70. The van der Waals surface area contributed by atoms with Crippen LogP contribution in [0.25, 0.3) is 11.0 Å². The average Bonchev–Trinajstić information content (AvgIpc) is 3.15. The molecule has 0 aliphatic heterocycles. The highest BCUT2D eigenvalue weighted by molar-refractivity contribution is 7.98. The number of hydrogen-bond donors (Lipinski definition) is 0. The Kier molecular flexibility index (Phi) is 5.49. The first-order valence-corrected chi connectivity index (χ1v) is 10.4. The lowest BCUT2D eigenvalue weighted by Crippen LogP contribution is -2.24. The fourth-order valence-electron chi connectivity index (χ4n) is 3.04. The molecule has 0 aliphatic carbocycles. The van der Waals surface area contributed by atoms with Gasteiger partial charge in [0, 0.05) is 12.3 Å². The maximum absolute atomic E-state index is 13.2. The fraction of sp³-hybridized carbons (Fsp3) is 0.227. The SMILES string of the molecule is CCn1cc2nc(SCc3ccc(F)cc3)n(Cc3ccc(C)cc3)c(=O)c2n1. The van der Waals surface area contributed by atoms with Crippen LogP contribution >= 0.6 is 11.8 Å². The first-order valence-electron chi connectivity index (χ1n) is 9.44. The summed E-state index contributed by atoms with van der Waals surface area (Å²) in [5.74, 6) is 0.329. The number of fused-ring (bicyclic) bond motifs is 1. The summed E-state index contributed by atoms with van der Waals surface area (Å²) in [6.07, 6.45) is 1.80. The first kappa shape index (κ1) is 19.4. The largest absolute Gasteiger partial charge is 0.282 e. The normalized spacial score (nSPS) is 11.3. The van der Waals surface area contributed by atoms with Gasteiger partial charge in [-0.15, -0.1) is 0 Å². The fourth-order valence-corrected chi connectivity index (χ4v) is 3.99. The number of benzene rings is 2. The van der Waals surface area contributed by atoms with Crippen LogP contribution in [0.4, 0.5) is 4.39 Å². The number of aromatic nitrogens is 4. The molecule has 29 heavy (non-hydrogen) atoms. The van der Waals surface area contributed by atoms with Crippen molar-refractivity contribution in [1.29, 1.82) is 0 Å². The van der Waals surface area contributed by atoms with Gasteiger partial charge < -0.3 is 0 Å². The summed E-state index contributed by atoms with van der Waals surface area (Å²) in [4.78, 5) is 17.9. The molecule has 0 saturated carbocycles. The van der Waals surface area contributed by atoms with Crippen LogP contribution < -0.4 is 5.56 Å². The van der Waals surface area contributed by atoms with E-state index in [-0.39, 0.29) is 11.4 Å². The van der Waals surface area contributed by atoms with Crippen molar-refractivity contribution in [3.05, 3.63) is 87.6 Å². The van der Waals surface area contributed by atoms with Crippen molar-refractivity contribution in [2.75, 3.05) is 0 Å². The molecule has 0 spiro atoms. The quantitative estimate of drug-likeness (QED) is 0.350. The summed E-state index contributed by atoms with van der Waals surface area (Å²) in [5, 5.41) is 5.01. The number of rotatable bonds is 6. The van der Waals surface area contributed by atoms with E-state index in [0.717, 1.165) is 11.1 Å². The highest BCUT2D eigenvalue weighted by Crippen LogP contribution is 2.23. The van der Waals surface area contributed by atoms with Gasteiger partial charge in [-0.1, -0.05) is 53.7 Å². The van der Waals surface area contributed by atoms with E-state index in [1.807, 2.05) is 38.1 Å². The molecule has 0 aliphatic rings. The van der Waals surface area contributed by atoms with E-state index in [0.29, 0.717) is 35.0 Å². The smallest absolute Gasteiger partial charge is 0.281 e. The van der Waals surface area contributed by atoms with Gasteiger partial charge in [-0.3, -0.25) is 14.0 Å². The molecule has 7 heteroatoms. The lowest BCUT2D eigenvalue weighted by atomic mass is 10.1. The molecule has 148 valence electrons. The molecule has 2 heterocycles.